The maximum absolute atomic E-state index is 12.4. The molecule has 2 amide bonds. The summed E-state index contributed by atoms with van der Waals surface area (Å²) in [6.07, 6.45) is 6.82. The van der Waals surface area contributed by atoms with Crippen molar-refractivity contribution in [3.8, 4) is 0 Å². The van der Waals surface area contributed by atoms with E-state index in [9.17, 15) is 9.59 Å². The fraction of sp³-hybridized carbons (Fsp3) is 0.846. The maximum atomic E-state index is 12.4. The van der Waals surface area contributed by atoms with E-state index in [-0.39, 0.29) is 23.8 Å². The third-order valence-electron chi connectivity index (χ3n) is 3.99. The molecule has 1 heterocycles. The molecule has 2 rings (SSSR count). The van der Waals surface area contributed by atoms with Crippen LogP contribution in [0.3, 0.4) is 0 Å². The van der Waals surface area contributed by atoms with Crippen molar-refractivity contribution in [1.82, 2.24) is 10.2 Å². The van der Waals surface area contributed by atoms with Crippen LogP contribution in [0.5, 0.6) is 0 Å². The molecule has 1 saturated carbocycles. The van der Waals surface area contributed by atoms with Crippen LogP contribution in [0.15, 0.2) is 0 Å². The minimum Gasteiger partial charge on any atom is -0.353 e. The first-order valence-corrected chi connectivity index (χ1v) is 6.78. The van der Waals surface area contributed by atoms with Crippen molar-refractivity contribution in [3.63, 3.8) is 0 Å². The lowest BCUT2D eigenvalue weighted by Crippen LogP contribution is -2.57. The van der Waals surface area contributed by atoms with Crippen molar-refractivity contribution in [2.45, 2.75) is 51.5 Å². The highest BCUT2D eigenvalue weighted by molar-refractivity contribution is 5.89. The van der Waals surface area contributed by atoms with Crippen molar-refractivity contribution < 1.29 is 9.59 Å². The van der Waals surface area contributed by atoms with Gasteiger partial charge < -0.3 is 10.2 Å². The van der Waals surface area contributed by atoms with Crippen molar-refractivity contribution in [2.75, 3.05) is 13.1 Å². The van der Waals surface area contributed by atoms with Crippen LogP contribution in [0.1, 0.15) is 45.4 Å². The number of hydrogen-bond acceptors (Lipinski definition) is 2. The number of nitrogens with zero attached hydrogens (tertiary/aromatic N) is 1. The summed E-state index contributed by atoms with van der Waals surface area (Å²) >= 11 is 0. The first kappa shape index (κ1) is 12.4. The second-order valence-electron chi connectivity index (χ2n) is 5.19. The average Bonchev–Trinajstić information content (AvgIpc) is 2.60. The van der Waals surface area contributed by atoms with E-state index in [2.05, 4.69) is 5.32 Å². The van der Waals surface area contributed by atoms with Gasteiger partial charge >= 0.3 is 0 Å². The zero-order valence-corrected chi connectivity index (χ0v) is 10.6. The summed E-state index contributed by atoms with van der Waals surface area (Å²) in [5.41, 5.74) is 0. The highest BCUT2D eigenvalue weighted by Crippen LogP contribution is 2.25. The third-order valence-corrected chi connectivity index (χ3v) is 3.99. The smallest absolute Gasteiger partial charge is 0.242 e. The van der Waals surface area contributed by atoms with Gasteiger partial charge in [-0.05, 0) is 19.8 Å². The Morgan fingerprint density at radius 2 is 1.88 bits per heavy atom. The van der Waals surface area contributed by atoms with Gasteiger partial charge in [-0.2, -0.15) is 0 Å². The van der Waals surface area contributed by atoms with E-state index < -0.39 is 0 Å². The number of rotatable bonds is 1. The van der Waals surface area contributed by atoms with Gasteiger partial charge in [0.05, 0.1) is 0 Å². The van der Waals surface area contributed by atoms with Crippen LogP contribution in [0.2, 0.25) is 0 Å². The SMILES string of the molecule is CC1C(=O)NCCN1C(=O)C1CCCCCC1. The molecule has 2 aliphatic rings. The van der Waals surface area contributed by atoms with Crippen LogP contribution in [0.25, 0.3) is 0 Å². The summed E-state index contributed by atoms with van der Waals surface area (Å²) in [5.74, 6) is 0.346. The zero-order valence-electron chi connectivity index (χ0n) is 10.6. The van der Waals surface area contributed by atoms with Crippen molar-refractivity contribution >= 4 is 11.8 Å². The molecule has 1 N–H and O–H groups in total. The normalized spacial score (nSPS) is 27.5. The zero-order chi connectivity index (χ0) is 12.3. The number of hydrogen-bond donors (Lipinski definition) is 1. The van der Waals surface area contributed by atoms with Crippen LogP contribution in [0.4, 0.5) is 0 Å². The van der Waals surface area contributed by atoms with E-state index in [0.29, 0.717) is 13.1 Å². The molecule has 1 unspecified atom stereocenters. The van der Waals surface area contributed by atoms with Gasteiger partial charge in [-0.3, -0.25) is 9.59 Å². The van der Waals surface area contributed by atoms with Gasteiger partial charge in [-0.25, -0.2) is 0 Å². The summed E-state index contributed by atoms with van der Waals surface area (Å²) in [4.78, 5) is 25.7. The molecule has 0 aromatic rings. The molecule has 1 aliphatic carbocycles. The van der Waals surface area contributed by atoms with E-state index in [1.165, 1.54) is 12.8 Å². The topological polar surface area (TPSA) is 49.4 Å². The van der Waals surface area contributed by atoms with E-state index in [1.807, 2.05) is 6.92 Å². The van der Waals surface area contributed by atoms with Crippen LogP contribution < -0.4 is 5.32 Å². The molecule has 4 heteroatoms. The second kappa shape index (κ2) is 5.52. The molecule has 2 fully saturated rings. The molecule has 1 atom stereocenters. The molecule has 1 saturated heterocycles. The first-order chi connectivity index (χ1) is 8.20. The standard InChI is InChI=1S/C13H22N2O2/c1-10-12(16)14-8-9-15(10)13(17)11-6-4-2-3-5-7-11/h10-11H,2-9H2,1H3,(H,14,16). The van der Waals surface area contributed by atoms with Crippen LogP contribution >= 0.6 is 0 Å². The Labute approximate surface area is 103 Å². The van der Waals surface area contributed by atoms with Crippen molar-refractivity contribution in [2.24, 2.45) is 5.92 Å². The predicted molar refractivity (Wildman–Crippen MR) is 65.4 cm³/mol. The maximum Gasteiger partial charge on any atom is 0.242 e. The molecule has 0 spiro atoms. The molecule has 1 aliphatic heterocycles. The Balaban J connectivity index is 1.99. The van der Waals surface area contributed by atoms with E-state index in [4.69, 9.17) is 0 Å². The van der Waals surface area contributed by atoms with Crippen LogP contribution in [0, 0.1) is 5.92 Å². The summed E-state index contributed by atoms with van der Waals surface area (Å²) < 4.78 is 0. The molecule has 0 aromatic carbocycles. The Morgan fingerprint density at radius 1 is 1.24 bits per heavy atom. The Morgan fingerprint density at radius 3 is 2.53 bits per heavy atom. The molecule has 17 heavy (non-hydrogen) atoms. The van der Waals surface area contributed by atoms with Crippen LogP contribution in [-0.4, -0.2) is 35.8 Å². The van der Waals surface area contributed by atoms with Gasteiger partial charge in [-0.1, -0.05) is 25.7 Å². The van der Waals surface area contributed by atoms with Gasteiger partial charge in [-0.15, -0.1) is 0 Å². The summed E-state index contributed by atoms with van der Waals surface area (Å²) in [5, 5.41) is 2.80. The van der Waals surface area contributed by atoms with Crippen LogP contribution in [-0.2, 0) is 9.59 Å². The number of nitrogens with one attached hydrogen (secondary N) is 1. The van der Waals surface area contributed by atoms with E-state index in [1.54, 1.807) is 4.90 Å². The summed E-state index contributed by atoms with van der Waals surface area (Å²) in [6, 6.07) is -0.292. The molecular weight excluding hydrogens is 216 g/mol. The third kappa shape index (κ3) is 2.79. The monoisotopic (exact) mass is 238 g/mol. The van der Waals surface area contributed by atoms with Gasteiger partial charge in [0.1, 0.15) is 6.04 Å². The Kier molecular flexibility index (Phi) is 4.02. The van der Waals surface area contributed by atoms with Gasteiger partial charge in [0.2, 0.25) is 11.8 Å². The Hall–Kier alpha value is -1.06. The number of amides is 2. The lowest BCUT2D eigenvalue weighted by atomic mass is 9.97. The van der Waals surface area contributed by atoms with Crippen molar-refractivity contribution in [1.29, 1.82) is 0 Å². The lowest BCUT2D eigenvalue weighted by Gasteiger charge is -2.35. The fourth-order valence-corrected chi connectivity index (χ4v) is 2.84. The van der Waals surface area contributed by atoms with Gasteiger partial charge in [0.25, 0.3) is 0 Å². The number of piperazine rings is 1. The molecule has 0 bridgehead atoms. The molecular formula is C13H22N2O2. The minimum absolute atomic E-state index is 0.0155. The number of carbonyl (C=O) groups is 2. The highest BCUT2D eigenvalue weighted by atomic mass is 16.2. The molecule has 4 nitrogen and oxygen atoms in total. The molecule has 96 valence electrons. The largest absolute Gasteiger partial charge is 0.353 e. The van der Waals surface area contributed by atoms with Crippen molar-refractivity contribution in [3.05, 3.63) is 0 Å². The first-order valence-electron chi connectivity index (χ1n) is 6.78. The predicted octanol–water partition coefficient (Wildman–Crippen LogP) is 1.30. The fourth-order valence-electron chi connectivity index (χ4n) is 2.84. The molecule has 0 radical (unpaired) electrons. The summed E-state index contributed by atoms with van der Waals surface area (Å²) in [7, 11) is 0. The second-order valence-corrected chi connectivity index (χ2v) is 5.19. The Bertz CT molecular complexity index is 296. The van der Waals surface area contributed by atoms with E-state index >= 15 is 0 Å². The average molecular weight is 238 g/mol. The van der Waals surface area contributed by atoms with Gasteiger partial charge in [0.15, 0.2) is 0 Å². The quantitative estimate of drug-likeness (QED) is 0.700. The lowest BCUT2D eigenvalue weighted by molar-refractivity contribution is -0.145. The number of carbonyl (C=O) groups excluding carboxylic acids is 2. The minimum atomic E-state index is -0.292. The molecule has 0 aromatic heterocycles. The summed E-state index contributed by atoms with van der Waals surface area (Å²) in [6.45, 7) is 3.09. The van der Waals surface area contributed by atoms with E-state index in [0.717, 1.165) is 25.7 Å². The van der Waals surface area contributed by atoms with Gasteiger partial charge in [0, 0.05) is 19.0 Å². The highest BCUT2D eigenvalue weighted by Gasteiger charge is 2.33.